The first-order valence-corrected chi connectivity index (χ1v) is 7.72. The number of methoxy groups -OCH3 is 1. The molecule has 1 unspecified atom stereocenters. The van der Waals surface area contributed by atoms with E-state index in [0.717, 1.165) is 12.0 Å². The van der Waals surface area contributed by atoms with Crippen LogP contribution in [0.1, 0.15) is 55.8 Å². The second-order valence-electron chi connectivity index (χ2n) is 5.55. The minimum absolute atomic E-state index is 0.0339. The Balaban J connectivity index is 2.33. The Bertz CT molecular complexity index is 469. The predicted octanol–water partition coefficient (Wildman–Crippen LogP) is 4.34. The Labute approximate surface area is 134 Å². The third-order valence-corrected chi connectivity index (χ3v) is 3.63. The number of carbonyl (C=O) groups excluding carboxylic acids is 1. The molecule has 0 bridgehead atoms. The van der Waals surface area contributed by atoms with Crippen LogP contribution in [0, 0.1) is 0 Å². The van der Waals surface area contributed by atoms with Gasteiger partial charge in [0.05, 0.1) is 13.2 Å². The van der Waals surface area contributed by atoms with Gasteiger partial charge < -0.3 is 9.84 Å². The average molecular weight is 332 g/mol. The fraction of sp³-hybridized carbons (Fsp3) is 0.588. The van der Waals surface area contributed by atoms with Crippen LogP contribution < -0.4 is 0 Å². The van der Waals surface area contributed by atoms with Crippen molar-refractivity contribution in [2.45, 2.75) is 57.2 Å². The van der Waals surface area contributed by atoms with Crippen molar-refractivity contribution in [1.29, 1.82) is 0 Å². The highest BCUT2D eigenvalue weighted by Gasteiger charge is 2.26. The largest absolute Gasteiger partial charge is 0.469 e. The van der Waals surface area contributed by atoms with Gasteiger partial charge in [-0.3, -0.25) is 4.79 Å². The molecule has 1 N–H and O–H groups in total. The van der Waals surface area contributed by atoms with Gasteiger partial charge in [-0.1, -0.05) is 30.7 Å². The van der Waals surface area contributed by atoms with E-state index in [1.807, 2.05) is 12.1 Å². The smallest absolute Gasteiger partial charge is 0.389 e. The summed E-state index contributed by atoms with van der Waals surface area (Å²) >= 11 is 0. The molecule has 3 nitrogen and oxygen atoms in total. The number of aryl methyl sites for hydroxylation is 1. The van der Waals surface area contributed by atoms with Crippen LogP contribution in [0.15, 0.2) is 24.3 Å². The quantitative estimate of drug-likeness (QED) is 0.540. The third kappa shape index (κ3) is 8.59. The number of rotatable bonds is 9. The highest BCUT2D eigenvalue weighted by atomic mass is 19.4. The number of unbranched alkanes of at least 4 members (excludes halogenated alkanes) is 1. The van der Waals surface area contributed by atoms with E-state index in [4.69, 9.17) is 0 Å². The molecule has 0 fully saturated rings. The van der Waals surface area contributed by atoms with E-state index in [2.05, 4.69) is 4.74 Å². The molecule has 1 atom stereocenters. The summed E-state index contributed by atoms with van der Waals surface area (Å²) in [6.07, 6.45) is -3.21. The van der Waals surface area contributed by atoms with Crippen LogP contribution in [-0.4, -0.2) is 24.4 Å². The highest BCUT2D eigenvalue weighted by molar-refractivity contribution is 5.69. The Kier molecular flexibility index (Phi) is 8.09. The summed E-state index contributed by atoms with van der Waals surface area (Å²) in [4.78, 5) is 11.0. The minimum atomic E-state index is -4.13. The lowest BCUT2D eigenvalue weighted by atomic mass is 10.00. The maximum Gasteiger partial charge on any atom is 0.389 e. The second-order valence-corrected chi connectivity index (χ2v) is 5.55. The van der Waals surface area contributed by atoms with Crippen LogP contribution in [0.3, 0.4) is 0 Å². The molecule has 23 heavy (non-hydrogen) atoms. The summed E-state index contributed by atoms with van der Waals surface area (Å²) in [5.41, 5.74) is 1.75. The number of hydrogen-bond acceptors (Lipinski definition) is 3. The molecule has 1 aromatic carbocycles. The lowest BCUT2D eigenvalue weighted by molar-refractivity contribution is -0.140. The molecule has 0 heterocycles. The molecule has 0 amide bonds. The molecule has 1 rings (SSSR count). The molecule has 0 aliphatic heterocycles. The van der Waals surface area contributed by atoms with Gasteiger partial charge in [0.25, 0.3) is 0 Å². The van der Waals surface area contributed by atoms with Crippen LogP contribution in [-0.2, 0) is 16.0 Å². The monoisotopic (exact) mass is 332 g/mol. The fourth-order valence-electron chi connectivity index (χ4n) is 2.28. The lowest BCUT2D eigenvalue weighted by Gasteiger charge is -2.12. The van der Waals surface area contributed by atoms with E-state index in [1.165, 1.54) is 7.11 Å². The van der Waals surface area contributed by atoms with E-state index < -0.39 is 18.7 Å². The van der Waals surface area contributed by atoms with Gasteiger partial charge in [0.15, 0.2) is 0 Å². The minimum Gasteiger partial charge on any atom is -0.469 e. The number of esters is 1. The van der Waals surface area contributed by atoms with Gasteiger partial charge in [-0.05, 0) is 36.8 Å². The highest BCUT2D eigenvalue weighted by Crippen LogP contribution is 2.25. The van der Waals surface area contributed by atoms with Crippen molar-refractivity contribution in [1.82, 2.24) is 0 Å². The van der Waals surface area contributed by atoms with Gasteiger partial charge in [0, 0.05) is 12.8 Å². The number of aliphatic hydroxyl groups is 1. The molecule has 1 aromatic rings. The van der Waals surface area contributed by atoms with Gasteiger partial charge in [0.2, 0.25) is 0 Å². The van der Waals surface area contributed by atoms with Crippen LogP contribution in [0.5, 0.6) is 0 Å². The van der Waals surface area contributed by atoms with E-state index >= 15 is 0 Å². The number of halogens is 3. The van der Waals surface area contributed by atoms with Crippen molar-refractivity contribution in [3.63, 3.8) is 0 Å². The summed E-state index contributed by atoms with van der Waals surface area (Å²) < 4.78 is 40.7. The van der Waals surface area contributed by atoms with Gasteiger partial charge in [-0.2, -0.15) is 13.2 Å². The summed E-state index contributed by atoms with van der Waals surface area (Å²) in [6, 6.07) is 7.29. The zero-order valence-corrected chi connectivity index (χ0v) is 13.2. The van der Waals surface area contributed by atoms with Gasteiger partial charge in [0.1, 0.15) is 0 Å². The zero-order valence-electron chi connectivity index (χ0n) is 13.2. The predicted molar refractivity (Wildman–Crippen MR) is 80.9 cm³/mol. The Morgan fingerprint density at radius 2 is 1.83 bits per heavy atom. The molecule has 0 saturated heterocycles. The molecule has 0 aromatic heterocycles. The van der Waals surface area contributed by atoms with Crippen LogP contribution in [0.25, 0.3) is 0 Å². The number of ether oxygens (including phenoxy) is 1. The zero-order chi connectivity index (χ0) is 17.3. The Hall–Kier alpha value is -1.56. The summed E-state index contributed by atoms with van der Waals surface area (Å²) in [5, 5.41) is 9.98. The summed E-state index contributed by atoms with van der Waals surface area (Å²) in [5.74, 6) is -0.240. The normalized spacial score (nSPS) is 12.9. The number of aliphatic hydroxyl groups excluding tert-OH is 1. The maximum atomic E-state index is 12.0. The Morgan fingerprint density at radius 1 is 1.17 bits per heavy atom. The van der Waals surface area contributed by atoms with Gasteiger partial charge in [-0.25, -0.2) is 0 Å². The first-order valence-electron chi connectivity index (χ1n) is 7.72. The number of hydrogen-bond donors (Lipinski definition) is 1. The van der Waals surface area contributed by atoms with Crippen molar-refractivity contribution < 1.29 is 27.8 Å². The number of benzene rings is 1. The average Bonchev–Trinajstić information content (AvgIpc) is 2.51. The Morgan fingerprint density at radius 3 is 2.39 bits per heavy atom. The van der Waals surface area contributed by atoms with E-state index in [1.54, 1.807) is 12.1 Å². The van der Waals surface area contributed by atoms with Crippen molar-refractivity contribution in [3.05, 3.63) is 35.4 Å². The number of alkyl halides is 3. The van der Waals surface area contributed by atoms with Crippen LogP contribution >= 0.6 is 0 Å². The molecule has 0 aliphatic carbocycles. The maximum absolute atomic E-state index is 12.0. The molecular formula is C17H23F3O3. The topological polar surface area (TPSA) is 46.5 Å². The first kappa shape index (κ1) is 19.5. The second kappa shape index (κ2) is 9.55. The fourth-order valence-corrected chi connectivity index (χ4v) is 2.28. The molecule has 0 spiro atoms. The van der Waals surface area contributed by atoms with Crippen molar-refractivity contribution in [2.75, 3.05) is 7.11 Å². The SMILES string of the molecule is COC(=O)CCCc1ccc(C(O)CCCCC(F)(F)F)cc1. The molecule has 0 radical (unpaired) electrons. The van der Waals surface area contributed by atoms with Gasteiger partial charge >= 0.3 is 12.1 Å². The van der Waals surface area contributed by atoms with Crippen molar-refractivity contribution in [3.8, 4) is 0 Å². The molecule has 130 valence electrons. The lowest BCUT2D eigenvalue weighted by Crippen LogP contribution is -2.07. The van der Waals surface area contributed by atoms with Gasteiger partial charge in [-0.15, -0.1) is 0 Å². The molecular weight excluding hydrogens is 309 g/mol. The summed E-state index contributed by atoms with van der Waals surface area (Å²) in [6.45, 7) is 0. The van der Waals surface area contributed by atoms with Crippen molar-refractivity contribution in [2.24, 2.45) is 0 Å². The van der Waals surface area contributed by atoms with Crippen LogP contribution in [0.4, 0.5) is 13.2 Å². The van der Waals surface area contributed by atoms with E-state index in [0.29, 0.717) is 31.2 Å². The summed E-state index contributed by atoms with van der Waals surface area (Å²) in [7, 11) is 1.35. The van der Waals surface area contributed by atoms with Crippen LogP contribution in [0.2, 0.25) is 0 Å². The molecule has 0 aliphatic rings. The molecule has 6 heteroatoms. The van der Waals surface area contributed by atoms with E-state index in [-0.39, 0.29) is 12.4 Å². The van der Waals surface area contributed by atoms with E-state index in [9.17, 15) is 23.1 Å². The standard InChI is InChI=1S/C17H23F3O3/c1-23-16(22)7-4-5-13-8-10-14(11-9-13)15(21)6-2-3-12-17(18,19)20/h8-11,15,21H,2-7,12H2,1H3. The third-order valence-electron chi connectivity index (χ3n) is 3.63. The molecule has 0 saturated carbocycles. The first-order chi connectivity index (χ1) is 10.8. The number of carbonyl (C=O) groups is 1. The van der Waals surface area contributed by atoms with Crippen molar-refractivity contribution >= 4 is 5.97 Å².